The molecule has 0 amide bonds. The van der Waals surface area contributed by atoms with Gasteiger partial charge in [0.2, 0.25) is 5.75 Å². The third-order valence-electron chi connectivity index (χ3n) is 1.99. The van der Waals surface area contributed by atoms with Gasteiger partial charge in [-0.1, -0.05) is 6.92 Å². The Labute approximate surface area is 99.4 Å². The van der Waals surface area contributed by atoms with E-state index in [1.807, 2.05) is 6.92 Å². The average molecular weight is 242 g/mol. The summed E-state index contributed by atoms with van der Waals surface area (Å²) < 4.78 is 5.35. The molecule has 0 N–H and O–H groups in total. The van der Waals surface area contributed by atoms with Crippen LogP contribution in [-0.2, 0) is 0 Å². The van der Waals surface area contributed by atoms with Gasteiger partial charge in [0.1, 0.15) is 5.69 Å². The molecule has 1 rings (SSSR count). The predicted molar refractivity (Wildman–Crippen MR) is 64.1 cm³/mol. The number of hydrogen-bond donors (Lipinski definition) is 1. The molecule has 0 aliphatic rings. The zero-order valence-electron chi connectivity index (χ0n) is 9.21. The number of nitrogens with zero attached hydrogens (tertiary/aromatic N) is 2. The summed E-state index contributed by atoms with van der Waals surface area (Å²) in [5.41, 5.74) is 0.598. The lowest BCUT2D eigenvalue weighted by atomic mass is 10.2. The molecule has 0 aliphatic heterocycles. The minimum Gasteiger partial charge on any atom is -0.485 e. The van der Waals surface area contributed by atoms with Crippen molar-refractivity contribution < 1.29 is 9.66 Å². The summed E-state index contributed by atoms with van der Waals surface area (Å²) >= 11 is 4.12. The summed E-state index contributed by atoms with van der Waals surface area (Å²) in [6.07, 6.45) is 0. The standard InChI is InChI=1S/C10H14N2O3S/c1-7(6-16)5-15-9-4-3-8(2)11-10(9)12(13)14/h3-4,7,16H,5-6H2,1-2H3. The van der Waals surface area contributed by atoms with E-state index in [1.54, 1.807) is 19.1 Å². The molecule has 5 nitrogen and oxygen atoms in total. The highest BCUT2D eigenvalue weighted by Crippen LogP contribution is 2.24. The van der Waals surface area contributed by atoms with Crippen LogP contribution in [-0.4, -0.2) is 22.3 Å². The van der Waals surface area contributed by atoms with Gasteiger partial charge in [-0.05, 0) is 33.7 Å². The van der Waals surface area contributed by atoms with Crippen molar-refractivity contribution in [2.45, 2.75) is 13.8 Å². The van der Waals surface area contributed by atoms with Gasteiger partial charge in [0.05, 0.1) is 6.61 Å². The second-order valence-electron chi connectivity index (χ2n) is 3.63. The minimum atomic E-state index is -0.534. The smallest absolute Gasteiger partial charge is 0.406 e. The Hall–Kier alpha value is -1.30. The summed E-state index contributed by atoms with van der Waals surface area (Å²) in [5, 5.41) is 10.7. The van der Waals surface area contributed by atoms with Crippen LogP contribution in [0.15, 0.2) is 12.1 Å². The van der Waals surface area contributed by atoms with Gasteiger partial charge in [-0.3, -0.25) is 0 Å². The average Bonchev–Trinajstić information content (AvgIpc) is 2.26. The number of aromatic nitrogens is 1. The number of rotatable bonds is 5. The van der Waals surface area contributed by atoms with Crippen molar-refractivity contribution in [2.24, 2.45) is 5.92 Å². The van der Waals surface area contributed by atoms with Crippen LogP contribution in [0.3, 0.4) is 0 Å². The molecule has 0 radical (unpaired) electrons. The fraction of sp³-hybridized carbons (Fsp3) is 0.500. The van der Waals surface area contributed by atoms with E-state index in [2.05, 4.69) is 17.6 Å². The van der Waals surface area contributed by atoms with Crippen LogP contribution in [0.25, 0.3) is 0 Å². The van der Waals surface area contributed by atoms with Gasteiger partial charge in [0, 0.05) is 6.92 Å². The van der Waals surface area contributed by atoms with Crippen LogP contribution >= 0.6 is 12.6 Å². The van der Waals surface area contributed by atoms with Crippen molar-refractivity contribution >= 4 is 18.4 Å². The molecule has 0 spiro atoms. The van der Waals surface area contributed by atoms with Crippen molar-refractivity contribution in [2.75, 3.05) is 12.4 Å². The molecule has 0 saturated carbocycles. The molecule has 1 atom stereocenters. The van der Waals surface area contributed by atoms with Crippen LogP contribution in [0.4, 0.5) is 5.82 Å². The first-order chi connectivity index (χ1) is 7.54. The largest absolute Gasteiger partial charge is 0.485 e. The first kappa shape index (κ1) is 12.8. The van der Waals surface area contributed by atoms with Crippen LogP contribution in [0.2, 0.25) is 0 Å². The Morgan fingerprint density at radius 2 is 2.31 bits per heavy atom. The Morgan fingerprint density at radius 1 is 1.62 bits per heavy atom. The number of aryl methyl sites for hydroxylation is 1. The van der Waals surface area contributed by atoms with Gasteiger partial charge in [0.15, 0.2) is 0 Å². The van der Waals surface area contributed by atoms with Crippen molar-refractivity contribution in [3.63, 3.8) is 0 Å². The molecule has 0 bridgehead atoms. The minimum absolute atomic E-state index is 0.212. The molecule has 0 saturated heterocycles. The molecule has 1 aromatic rings. The maximum Gasteiger partial charge on any atom is 0.406 e. The summed E-state index contributed by atoms with van der Waals surface area (Å²) in [6.45, 7) is 4.06. The normalized spacial score (nSPS) is 12.2. The summed E-state index contributed by atoms with van der Waals surface area (Å²) in [5.74, 6) is 0.896. The third-order valence-corrected chi connectivity index (χ3v) is 2.61. The van der Waals surface area contributed by atoms with E-state index in [9.17, 15) is 10.1 Å². The van der Waals surface area contributed by atoms with E-state index in [0.717, 1.165) is 0 Å². The number of ether oxygens (including phenoxy) is 1. The second kappa shape index (κ2) is 5.69. The lowest BCUT2D eigenvalue weighted by Crippen LogP contribution is -2.11. The lowest BCUT2D eigenvalue weighted by molar-refractivity contribution is -0.390. The summed E-state index contributed by atoms with van der Waals surface area (Å²) in [6, 6.07) is 3.26. The zero-order valence-corrected chi connectivity index (χ0v) is 10.1. The topological polar surface area (TPSA) is 65.3 Å². The molecule has 88 valence electrons. The maximum absolute atomic E-state index is 10.7. The maximum atomic E-state index is 10.7. The van der Waals surface area contributed by atoms with Crippen LogP contribution < -0.4 is 4.74 Å². The Kier molecular flexibility index (Phi) is 4.54. The van der Waals surface area contributed by atoms with Gasteiger partial charge in [-0.15, -0.1) is 0 Å². The van der Waals surface area contributed by atoms with Gasteiger partial charge < -0.3 is 14.9 Å². The van der Waals surface area contributed by atoms with Crippen LogP contribution in [0, 0.1) is 23.0 Å². The highest BCUT2D eigenvalue weighted by Gasteiger charge is 2.17. The molecule has 1 aromatic heterocycles. The first-order valence-electron chi connectivity index (χ1n) is 4.90. The van der Waals surface area contributed by atoms with Crippen molar-refractivity contribution in [1.29, 1.82) is 0 Å². The molecular weight excluding hydrogens is 228 g/mol. The Morgan fingerprint density at radius 3 is 2.88 bits per heavy atom. The van der Waals surface area contributed by atoms with E-state index in [-0.39, 0.29) is 17.5 Å². The Bertz CT molecular complexity index is 384. The third kappa shape index (κ3) is 3.37. The van der Waals surface area contributed by atoms with E-state index >= 15 is 0 Å². The SMILES string of the molecule is Cc1ccc(OCC(C)CS)c([N+](=O)[O-])n1. The van der Waals surface area contributed by atoms with Crippen molar-refractivity contribution in [3.8, 4) is 5.75 Å². The molecular formula is C10H14N2O3S. The first-order valence-corrected chi connectivity index (χ1v) is 5.53. The van der Waals surface area contributed by atoms with Crippen molar-refractivity contribution in [3.05, 3.63) is 27.9 Å². The van der Waals surface area contributed by atoms with Crippen LogP contribution in [0.5, 0.6) is 5.75 Å². The predicted octanol–water partition coefficient (Wildman–Crippen LogP) is 2.24. The second-order valence-corrected chi connectivity index (χ2v) is 4.00. The summed E-state index contributed by atoms with van der Waals surface area (Å²) in [7, 11) is 0. The number of hydrogen-bond acceptors (Lipinski definition) is 5. The van der Waals surface area contributed by atoms with Gasteiger partial charge in [-0.25, -0.2) is 0 Å². The van der Waals surface area contributed by atoms with Gasteiger partial charge >= 0.3 is 5.82 Å². The highest BCUT2D eigenvalue weighted by atomic mass is 32.1. The molecule has 1 unspecified atom stereocenters. The fourth-order valence-corrected chi connectivity index (χ4v) is 1.16. The summed E-state index contributed by atoms with van der Waals surface area (Å²) in [4.78, 5) is 14.0. The van der Waals surface area contributed by atoms with Crippen molar-refractivity contribution in [1.82, 2.24) is 4.98 Å². The number of nitro groups is 1. The van der Waals surface area contributed by atoms with Gasteiger partial charge in [-0.2, -0.15) is 12.6 Å². The molecule has 0 fully saturated rings. The molecule has 6 heteroatoms. The molecule has 1 heterocycles. The molecule has 0 aromatic carbocycles. The number of thiol groups is 1. The lowest BCUT2D eigenvalue weighted by Gasteiger charge is -2.10. The van der Waals surface area contributed by atoms with E-state index in [0.29, 0.717) is 18.1 Å². The van der Waals surface area contributed by atoms with Crippen LogP contribution in [0.1, 0.15) is 12.6 Å². The Balaban J connectivity index is 2.82. The van der Waals surface area contributed by atoms with E-state index < -0.39 is 4.92 Å². The van der Waals surface area contributed by atoms with Gasteiger partial charge in [0.25, 0.3) is 0 Å². The number of pyridine rings is 1. The quantitative estimate of drug-likeness (QED) is 0.488. The zero-order chi connectivity index (χ0) is 12.1. The monoisotopic (exact) mass is 242 g/mol. The van der Waals surface area contributed by atoms with E-state index in [1.165, 1.54) is 0 Å². The fourth-order valence-electron chi connectivity index (χ4n) is 1.06. The molecule has 16 heavy (non-hydrogen) atoms. The van der Waals surface area contributed by atoms with E-state index in [4.69, 9.17) is 4.74 Å². The molecule has 0 aliphatic carbocycles. The highest BCUT2D eigenvalue weighted by molar-refractivity contribution is 7.80.